The molecule has 0 spiro atoms. The normalized spacial score (nSPS) is 17.4. The average molecular weight is 328 g/mol. The lowest BCUT2D eigenvalue weighted by Gasteiger charge is -2.33. The van der Waals surface area contributed by atoms with Crippen molar-refractivity contribution in [1.29, 1.82) is 0 Å². The van der Waals surface area contributed by atoms with Crippen LogP contribution in [0.15, 0.2) is 41.3 Å². The number of amides is 1. The van der Waals surface area contributed by atoms with E-state index in [1.807, 2.05) is 23.1 Å². The van der Waals surface area contributed by atoms with Crippen LogP contribution in [0.2, 0.25) is 0 Å². The molecule has 0 aliphatic carbocycles. The SMILES string of the molecule is COc1cccc(NC(=O)C2CCCN(c3cn[nH]c(=O)c3)C2)c1. The molecule has 24 heavy (non-hydrogen) atoms. The lowest BCUT2D eigenvalue weighted by Crippen LogP contribution is -2.41. The van der Waals surface area contributed by atoms with Crippen LogP contribution < -0.4 is 20.5 Å². The van der Waals surface area contributed by atoms with Gasteiger partial charge in [0.2, 0.25) is 5.91 Å². The van der Waals surface area contributed by atoms with Gasteiger partial charge in [0.1, 0.15) is 5.75 Å². The van der Waals surface area contributed by atoms with Crippen molar-refractivity contribution in [1.82, 2.24) is 10.2 Å². The summed E-state index contributed by atoms with van der Waals surface area (Å²) in [6.45, 7) is 1.38. The second-order valence-electron chi connectivity index (χ2n) is 5.81. The lowest BCUT2D eigenvalue weighted by atomic mass is 9.96. The summed E-state index contributed by atoms with van der Waals surface area (Å²) >= 11 is 0. The number of aromatic amines is 1. The molecule has 1 unspecified atom stereocenters. The molecular formula is C17H20N4O3. The molecule has 1 aromatic carbocycles. The Hall–Kier alpha value is -2.83. The summed E-state index contributed by atoms with van der Waals surface area (Å²) < 4.78 is 5.17. The number of hydrogen-bond donors (Lipinski definition) is 2. The van der Waals surface area contributed by atoms with Gasteiger partial charge in [0, 0.05) is 30.9 Å². The highest BCUT2D eigenvalue weighted by Crippen LogP contribution is 2.23. The van der Waals surface area contributed by atoms with Crippen LogP contribution in [0.25, 0.3) is 0 Å². The number of methoxy groups -OCH3 is 1. The summed E-state index contributed by atoms with van der Waals surface area (Å²) in [6.07, 6.45) is 3.33. The van der Waals surface area contributed by atoms with Gasteiger partial charge in [-0.25, -0.2) is 5.10 Å². The molecule has 1 aliphatic heterocycles. The molecule has 1 aliphatic rings. The number of carbonyl (C=O) groups excluding carboxylic acids is 1. The molecule has 0 saturated carbocycles. The van der Waals surface area contributed by atoms with Crippen molar-refractivity contribution >= 4 is 17.3 Å². The van der Waals surface area contributed by atoms with Crippen molar-refractivity contribution in [2.45, 2.75) is 12.8 Å². The summed E-state index contributed by atoms with van der Waals surface area (Å²) in [4.78, 5) is 26.0. The lowest BCUT2D eigenvalue weighted by molar-refractivity contribution is -0.120. The van der Waals surface area contributed by atoms with Gasteiger partial charge in [0.25, 0.3) is 5.56 Å². The Morgan fingerprint density at radius 1 is 1.42 bits per heavy atom. The number of hydrogen-bond acceptors (Lipinski definition) is 5. The van der Waals surface area contributed by atoms with E-state index in [0.29, 0.717) is 18.0 Å². The Kier molecular flexibility index (Phi) is 4.79. The fourth-order valence-corrected chi connectivity index (χ4v) is 2.91. The van der Waals surface area contributed by atoms with Crippen molar-refractivity contribution in [3.63, 3.8) is 0 Å². The number of nitrogens with one attached hydrogen (secondary N) is 2. The largest absolute Gasteiger partial charge is 0.497 e. The Morgan fingerprint density at radius 2 is 2.29 bits per heavy atom. The van der Waals surface area contributed by atoms with Crippen LogP contribution in [-0.2, 0) is 4.79 Å². The third kappa shape index (κ3) is 3.73. The van der Waals surface area contributed by atoms with E-state index >= 15 is 0 Å². The van der Waals surface area contributed by atoms with E-state index in [4.69, 9.17) is 4.74 Å². The predicted molar refractivity (Wildman–Crippen MR) is 91.4 cm³/mol. The monoisotopic (exact) mass is 328 g/mol. The second kappa shape index (κ2) is 7.16. The van der Waals surface area contributed by atoms with Gasteiger partial charge < -0.3 is 15.0 Å². The van der Waals surface area contributed by atoms with Crippen LogP contribution in [0.4, 0.5) is 11.4 Å². The molecule has 2 aromatic rings. The van der Waals surface area contributed by atoms with Crippen LogP contribution in [0, 0.1) is 5.92 Å². The number of ether oxygens (including phenoxy) is 1. The topological polar surface area (TPSA) is 87.3 Å². The highest BCUT2D eigenvalue weighted by Gasteiger charge is 2.26. The maximum absolute atomic E-state index is 12.5. The molecule has 7 heteroatoms. The zero-order valence-corrected chi connectivity index (χ0v) is 13.5. The molecule has 1 saturated heterocycles. The zero-order valence-electron chi connectivity index (χ0n) is 13.5. The van der Waals surface area contributed by atoms with E-state index in [9.17, 15) is 9.59 Å². The summed E-state index contributed by atoms with van der Waals surface area (Å²) in [7, 11) is 1.59. The van der Waals surface area contributed by atoms with Gasteiger partial charge in [-0.3, -0.25) is 9.59 Å². The highest BCUT2D eigenvalue weighted by atomic mass is 16.5. The fourth-order valence-electron chi connectivity index (χ4n) is 2.91. The van der Waals surface area contributed by atoms with E-state index in [1.165, 1.54) is 6.07 Å². The average Bonchev–Trinajstić information content (AvgIpc) is 2.62. The van der Waals surface area contributed by atoms with Crippen molar-refractivity contribution in [2.75, 3.05) is 30.4 Å². The first-order valence-corrected chi connectivity index (χ1v) is 7.90. The smallest absolute Gasteiger partial charge is 0.266 e. The molecule has 2 heterocycles. The summed E-state index contributed by atoms with van der Waals surface area (Å²) in [5.41, 5.74) is 1.22. The molecule has 1 fully saturated rings. The number of anilines is 2. The first-order valence-electron chi connectivity index (χ1n) is 7.90. The molecular weight excluding hydrogens is 308 g/mol. The van der Waals surface area contributed by atoms with E-state index < -0.39 is 0 Å². The van der Waals surface area contributed by atoms with Crippen LogP contribution in [-0.4, -0.2) is 36.3 Å². The summed E-state index contributed by atoms with van der Waals surface area (Å²) in [5, 5.41) is 9.13. The van der Waals surface area contributed by atoms with Crippen molar-refractivity contribution in [3.8, 4) is 5.75 Å². The van der Waals surface area contributed by atoms with Crippen molar-refractivity contribution in [3.05, 3.63) is 46.9 Å². The second-order valence-corrected chi connectivity index (χ2v) is 5.81. The van der Waals surface area contributed by atoms with Crippen LogP contribution >= 0.6 is 0 Å². The van der Waals surface area contributed by atoms with Crippen LogP contribution in [0.1, 0.15) is 12.8 Å². The van der Waals surface area contributed by atoms with Crippen molar-refractivity contribution in [2.24, 2.45) is 5.92 Å². The highest BCUT2D eigenvalue weighted by molar-refractivity contribution is 5.93. The minimum atomic E-state index is -0.240. The van der Waals surface area contributed by atoms with E-state index in [-0.39, 0.29) is 17.4 Å². The van der Waals surface area contributed by atoms with Gasteiger partial charge in [-0.15, -0.1) is 0 Å². The molecule has 2 N–H and O–H groups in total. The summed E-state index contributed by atoms with van der Waals surface area (Å²) in [6, 6.07) is 8.80. The number of nitrogens with zero attached hydrogens (tertiary/aromatic N) is 2. The molecule has 1 amide bonds. The number of aromatic nitrogens is 2. The minimum Gasteiger partial charge on any atom is -0.497 e. The number of benzene rings is 1. The molecule has 7 nitrogen and oxygen atoms in total. The van der Waals surface area contributed by atoms with Gasteiger partial charge in [0.05, 0.1) is 24.9 Å². The summed E-state index contributed by atoms with van der Waals surface area (Å²) in [5.74, 6) is 0.544. The fraction of sp³-hybridized carbons (Fsp3) is 0.353. The first-order chi connectivity index (χ1) is 11.7. The van der Waals surface area contributed by atoms with Crippen LogP contribution in [0.3, 0.4) is 0 Å². The van der Waals surface area contributed by atoms with Gasteiger partial charge in [-0.2, -0.15) is 5.10 Å². The zero-order chi connectivity index (χ0) is 16.9. The van der Waals surface area contributed by atoms with Gasteiger partial charge in [-0.05, 0) is 25.0 Å². The third-order valence-corrected chi connectivity index (χ3v) is 4.15. The molecule has 1 atom stereocenters. The van der Waals surface area contributed by atoms with Gasteiger partial charge in [-0.1, -0.05) is 6.07 Å². The Morgan fingerprint density at radius 3 is 3.08 bits per heavy atom. The Bertz CT molecular complexity index is 774. The third-order valence-electron chi connectivity index (χ3n) is 4.15. The molecule has 1 aromatic heterocycles. The quantitative estimate of drug-likeness (QED) is 0.891. The standard InChI is InChI=1S/C17H20N4O3/c1-24-15-6-2-5-13(8-15)19-17(23)12-4-3-7-21(11-12)14-9-16(22)20-18-10-14/h2,5-6,8-10,12H,3-4,7,11H2,1H3,(H,19,23)(H,20,22). The maximum atomic E-state index is 12.5. The van der Waals surface area contributed by atoms with E-state index in [0.717, 1.165) is 25.1 Å². The number of rotatable bonds is 4. The molecule has 0 bridgehead atoms. The number of H-pyrrole nitrogens is 1. The first kappa shape index (κ1) is 16.0. The van der Waals surface area contributed by atoms with Gasteiger partial charge in [0.15, 0.2) is 0 Å². The molecule has 0 radical (unpaired) electrons. The van der Waals surface area contributed by atoms with Crippen molar-refractivity contribution < 1.29 is 9.53 Å². The van der Waals surface area contributed by atoms with Gasteiger partial charge >= 0.3 is 0 Å². The molecule has 126 valence electrons. The molecule has 3 rings (SSSR count). The minimum absolute atomic E-state index is 0.0225. The predicted octanol–water partition coefficient (Wildman–Crippen LogP) is 1.63. The Labute approximate surface area is 139 Å². The number of carbonyl (C=O) groups is 1. The maximum Gasteiger partial charge on any atom is 0.266 e. The van der Waals surface area contributed by atoms with E-state index in [1.54, 1.807) is 19.4 Å². The Balaban J connectivity index is 1.67. The van der Waals surface area contributed by atoms with Crippen LogP contribution in [0.5, 0.6) is 5.75 Å². The van der Waals surface area contributed by atoms with E-state index in [2.05, 4.69) is 15.5 Å². The number of piperidine rings is 1.